The molecule has 0 aliphatic carbocycles. The molecule has 0 spiro atoms. The Morgan fingerprint density at radius 1 is 0.404 bits per heavy atom. The van der Waals surface area contributed by atoms with Crippen LogP contribution in [0, 0.1) is 11.8 Å². The molecular formula is C50H98N2O5. The summed E-state index contributed by atoms with van der Waals surface area (Å²) in [5.41, 5.74) is 0. The molecule has 7 nitrogen and oxygen atoms in total. The van der Waals surface area contributed by atoms with Gasteiger partial charge in [-0.2, -0.15) is 0 Å². The lowest BCUT2D eigenvalue weighted by Gasteiger charge is -2.22. The normalized spacial score (nSPS) is 12.5. The number of ether oxygens (including phenoxy) is 2. The predicted molar refractivity (Wildman–Crippen MR) is 244 cm³/mol. The van der Waals surface area contributed by atoms with Gasteiger partial charge in [-0.25, -0.2) is 0 Å². The summed E-state index contributed by atoms with van der Waals surface area (Å²) in [7, 11) is 0. The number of esters is 2. The molecule has 1 N–H and O–H groups in total. The molecule has 0 rings (SSSR count). The van der Waals surface area contributed by atoms with Crippen LogP contribution in [0.1, 0.15) is 253 Å². The van der Waals surface area contributed by atoms with Crippen LogP contribution in [0.3, 0.4) is 0 Å². The molecule has 0 aliphatic rings. The molecule has 0 aliphatic heterocycles. The number of amides is 1. The summed E-state index contributed by atoms with van der Waals surface area (Å²) >= 11 is 0. The Morgan fingerprint density at radius 3 is 1.07 bits per heavy atom. The van der Waals surface area contributed by atoms with Crippen LogP contribution in [0.25, 0.3) is 0 Å². The number of carbonyl (C=O) groups is 3. The maximum Gasteiger partial charge on any atom is 0.308 e. The average Bonchev–Trinajstić information content (AvgIpc) is 3.20. The van der Waals surface area contributed by atoms with Crippen LogP contribution >= 0.6 is 0 Å². The van der Waals surface area contributed by atoms with Gasteiger partial charge in [-0.15, -0.1) is 0 Å². The minimum Gasteiger partial charge on any atom is -0.465 e. The molecule has 0 fully saturated rings. The SMILES string of the molecule is CCCCCCCCC(CCCCCC)C(=O)OCCCCCCN(CCCCCCOC(=O)C(CCCCCC)CCCCCCCC)CCCCNC(C)=O. The van der Waals surface area contributed by atoms with Crippen molar-refractivity contribution in [3.05, 3.63) is 0 Å². The van der Waals surface area contributed by atoms with Crippen LogP contribution in [-0.4, -0.2) is 62.1 Å². The van der Waals surface area contributed by atoms with Crippen LogP contribution < -0.4 is 5.32 Å². The molecule has 0 saturated carbocycles. The fraction of sp³-hybridized carbons (Fsp3) is 0.940. The van der Waals surface area contributed by atoms with Crippen molar-refractivity contribution in [1.29, 1.82) is 0 Å². The van der Waals surface area contributed by atoms with E-state index in [0.717, 1.165) is 142 Å². The van der Waals surface area contributed by atoms with Crippen molar-refractivity contribution >= 4 is 17.8 Å². The predicted octanol–water partition coefficient (Wildman–Crippen LogP) is 14.1. The van der Waals surface area contributed by atoms with E-state index in [4.69, 9.17) is 9.47 Å². The summed E-state index contributed by atoms with van der Waals surface area (Å²) in [6, 6.07) is 0. The van der Waals surface area contributed by atoms with Crippen LogP contribution in [-0.2, 0) is 23.9 Å². The molecule has 57 heavy (non-hydrogen) atoms. The van der Waals surface area contributed by atoms with Crippen LogP contribution in [0.5, 0.6) is 0 Å². The largest absolute Gasteiger partial charge is 0.465 e. The van der Waals surface area contributed by atoms with Crippen LogP contribution in [0.4, 0.5) is 0 Å². The summed E-state index contributed by atoms with van der Waals surface area (Å²) in [6.45, 7) is 15.7. The molecule has 0 aromatic carbocycles. The first-order chi connectivity index (χ1) is 27.9. The molecule has 7 heteroatoms. The molecule has 0 bridgehead atoms. The number of hydrogen-bond donors (Lipinski definition) is 1. The Balaban J connectivity index is 4.55. The summed E-state index contributed by atoms with van der Waals surface area (Å²) in [6.07, 6.45) is 39.6. The van der Waals surface area contributed by atoms with E-state index in [1.807, 2.05) is 0 Å². The number of hydrogen-bond acceptors (Lipinski definition) is 6. The molecular weight excluding hydrogens is 709 g/mol. The van der Waals surface area contributed by atoms with Gasteiger partial charge in [0.15, 0.2) is 0 Å². The van der Waals surface area contributed by atoms with Crippen molar-refractivity contribution in [2.45, 2.75) is 253 Å². The van der Waals surface area contributed by atoms with Crippen LogP contribution in [0.15, 0.2) is 0 Å². The Bertz CT molecular complexity index is 825. The molecule has 1 amide bonds. The highest BCUT2D eigenvalue weighted by Crippen LogP contribution is 2.22. The fourth-order valence-electron chi connectivity index (χ4n) is 7.96. The highest BCUT2D eigenvalue weighted by Gasteiger charge is 2.20. The first-order valence-corrected chi connectivity index (χ1v) is 25.2. The zero-order valence-corrected chi connectivity index (χ0v) is 38.9. The van der Waals surface area contributed by atoms with E-state index >= 15 is 0 Å². The third-order valence-corrected chi connectivity index (χ3v) is 11.8. The highest BCUT2D eigenvalue weighted by molar-refractivity contribution is 5.73. The quantitative estimate of drug-likeness (QED) is 0.0487. The Labute approximate surface area is 355 Å². The Kier molecular flexibility index (Phi) is 42.7. The van der Waals surface area contributed by atoms with E-state index in [-0.39, 0.29) is 29.7 Å². The van der Waals surface area contributed by atoms with Gasteiger partial charge in [0.2, 0.25) is 5.91 Å². The second-order valence-corrected chi connectivity index (χ2v) is 17.4. The lowest BCUT2D eigenvalue weighted by Crippen LogP contribution is -2.28. The van der Waals surface area contributed by atoms with Gasteiger partial charge in [-0.1, -0.05) is 182 Å². The minimum atomic E-state index is 0.0452. The molecule has 2 atom stereocenters. The lowest BCUT2D eigenvalue weighted by molar-refractivity contribution is -0.150. The fourth-order valence-corrected chi connectivity index (χ4v) is 7.96. The second kappa shape index (κ2) is 43.9. The standard InChI is InChI=1S/C50H98N2O5/c1-6-10-14-18-20-28-38-47(36-26-16-12-8-3)49(54)56-44-34-24-22-31-41-52(43-33-30-40-51-46(5)53)42-32-23-25-35-45-57-50(55)48(37-27-17-13-9-4)39-29-21-19-15-11-7-2/h47-48H,6-45H2,1-5H3,(H,51,53). The summed E-state index contributed by atoms with van der Waals surface area (Å²) in [5.74, 6) is 0.311. The molecule has 0 aromatic rings. The van der Waals surface area contributed by atoms with Gasteiger partial charge in [-0.3, -0.25) is 14.4 Å². The zero-order chi connectivity index (χ0) is 41.9. The molecule has 338 valence electrons. The smallest absolute Gasteiger partial charge is 0.308 e. The number of nitrogens with one attached hydrogen (secondary N) is 1. The molecule has 0 saturated heterocycles. The molecule has 0 heterocycles. The maximum absolute atomic E-state index is 13.0. The first kappa shape index (κ1) is 55.4. The van der Waals surface area contributed by atoms with Crippen molar-refractivity contribution in [1.82, 2.24) is 10.2 Å². The number of unbranched alkanes of at least 4 members (excludes halogenated alkanes) is 23. The van der Waals surface area contributed by atoms with Gasteiger partial charge < -0.3 is 19.7 Å². The highest BCUT2D eigenvalue weighted by atomic mass is 16.5. The number of nitrogens with zero attached hydrogens (tertiary/aromatic N) is 1. The van der Waals surface area contributed by atoms with Gasteiger partial charge in [0.25, 0.3) is 0 Å². The van der Waals surface area contributed by atoms with Gasteiger partial charge >= 0.3 is 11.9 Å². The van der Waals surface area contributed by atoms with Crippen molar-refractivity contribution < 1.29 is 23.9 Å². The van der Waals surface area contributed by atoms with Gasteiger partial charge in [-0.05, 0) is 83.8 Å². The minimum absolute atomic E-state index is 0.0452. The molecule has 0 aromatic heterocycles. The van der Waals surface area contributed by atoms with Crippen molar-refractivity contribution in [2.24, 2.45) is 11.8 Å². The van der Waals surface area contributed by atoms with E-state index in [1.165, 1.54) is 103 Å². The van der Waals surface area contributed by atoms with Gasteiger partial charge in [0.1, 0.15) is 0 Å². The van der Waals surface area contributed by atoms with Gasteiger partial charge in [0.05, 0.1) is 25.0 Å². The van der Waals surface area contributed by atoms with Crippen molar-refractivity contribution in [3.63, 3.8) is 0 Å². The molecule has 2 unspecified atom stereocenters. The topological polar surface area (TPSA) is 84.9 Å². The summed E-state index contributed by atoms with van der Waals surface area (Å²) < 4.78 is 11.7. The first-order valence-electron chi connectivity index (χ1n) is 25.2. The van der Waals surface area contributed by atoms with Crippen LogP contribution in [0.2, 0.25) is 0 Å². The third-order valence-electron chi connectivity index (χ3n) is 11.8. The Hall–Kier alpha value is -1.63. The summed E-state index contributed by atoms with van der Waals surface area (Å²) in [4.78, 5) is 39.9. The van der Waals surface area contributed by atoms with E-state index in [1.54, 1.807) is 6.92 Å². The zero-order valence-electron chi connectivity index (χ0n) is 38.9. The van der Waals surface area contributed by atoms with Gasteiger partial charge in [0, 0.05) is 13.5 Å². The van der Waals surface area contributed by atoms with Crippen molar-refractivity contribution in [2.75, 3.05) is 39.4 Å². The second-order valence-electron chi connectivity index (χ2n) is 17.4. The monoisotopic (exact) mass is 807 g/mol. The maximum atomic E-state index is 13.0. The molecule has 0 radical (unpaired) electrons. The third kappa shape index (κ3) is 38.3. The van der Waals surface area contributed by atoms with Crippen molar-refractivity contribution in [3.8, 4) is 0 Å². The van der Waals surface area contributed by atoms with E-state index in [9.17, 15) is 14.4 Å². The average molecular weight is 807 g/mol. The van der Waals surface area contributed by atoms with E-state index < -0.39 is 0 Å². The van der Waals surface area contributed by atoms with E-state index in [0.29, 0.717) is 13.2 Å². The van der Waals surface area contributed by atoms with E-state index in [2.05, 4.69) is 37.9 Å². The Morgan fingerprint density at radius 2 is 0.702 bits per heavy atom. The lowest BCUT2D eigenvalue weighted by atomic mass is 9.94. The summed E-state index contributed by atoms with van der Waals surface area (Å²) in [5, 5.41) is 2.93. The number of carbonyl (C=O) groups excluding carboxylic acids is 3. The number of rotatable bonds is 45.